The molecule has 1 fully saturated rings. The van der Waals surface area contributed by atoms with E-state index in [1.165, 1.54) is 12.8 Å². The van der Waals surface area contributed by atoms with Crippen LogP contribution in [0.15, 0.2) is 0 Å². The van der Waals surface area contributed by atoms with E-state index in [-0.39, 0.29) is 11.5 Å². The fraction of sp³-hybridized carbons (Fsp3) is 0.929. The zero-order valence-electron chi connectivity index (χ0n) is 11.8. The third kappa shape index (κ3) is 3.70. The Bertz CT molecular complexity index is 255. The van der Waals surface area contributed by atoms with Gasteiger partial charge in [0.25, 0.3) is 0 Å². The van der Waals surface area contributed by atoms with Crippen molar-refractivity contribution in [1.29, 1.82) is 0 Å². The first kappa shape index (κ1) is 14.5. The topological polar surface area (TPSA) is 46.3 Å². The number of nitrogens with zero attached hydrogens (tertiary/aromatic N) is 1. The van der Waals surface area contributed by atoms with Crippen LogP contribution < -0.4 is 5.73 Å². The third-order valence-corrected chi connectivity index (χ3v) is 3.72. The fourth-order valence-electron chi connectivity index (χ4n) is 3.26. The smallest absolute Gasteiger partial charge is 0.228 e. The SMILES string of the molecule is CC(C)CC1(C(=O)N(C)CC(C)N)CCCC1. The highest BCUT2D eigenvalue weighted by molar-refractivity contribution is 5.82. The average molecular weight is 240 g/mol. The predicted molar refractivity (Wildman–Crippen MR) is 71.6 cm³/mol. The number of rotatable bonds is 5. The minimum absolute atomic E-state index is 0.0569. The molecule has 1 unspecified atom stereocenters. The molecule has 1 saturated carbocycles. The highest BCUT2D eigenvalue weighted by Gasteiger charge is 2.42. The molecule has 0 spiro atoms. The summed E-state index contributed by atoms with van der Waals surface area (Å²) in [5, 5.41) is 0. The summed E-state index contributed by atoms with van der Waals surface area (Å²) < 4.78 is 0. The Morgan fingerprint density at radius 3 is 2.24 bits per heavy atom. The van der Waals surface area contributed by atoms with E-state index < -0.39 is 0 Å². The number of hydrogen-bond acceptors (Lipinski definition) is 2. The number of hydrogen-bond donors (Lipinski definition) is 1. The van der Waals surface area contributed by atoms with E-state index >= 15 is 0 Å². The second kappa shape index (κ2) is 5.85. The normalized spacial score (nSPS) is 20.6. The standard InChI is InChI=1S/C14H28N2O/c1-11(2)9-14(7-5-6-8-14)13(17)16(4)10-12(3)15/h11-12H,5-10,15H2,1-4H3. The van der Waals surface area contributed by atoms with Gasteiger partial charge < -0.3 is 10.6 Å². The Balaban J connectivity index is 2.73. The van der Waals surface area contributed by atoms with Gasteiger partial charge in [-0.1, -0.05) is 26.7 Å². The Morgan fingerprint density at radius 2 is 1.82 bits per heavy atom. The van der Waals surface area contributed by atoms with E-state index in [2.05, 4.69) is 13.8 Å². The fourth-order valence-corrected chi connectivity index (χ4v) is 3.26. The largest absolute Gasteiger partial charge is 0.344 e. The van der Waals surface area contributed by atoms with Crippen molar-refractivity contribution in [2.45, 2.75) is 58.9 Å². The molecule has 0 heterocycles. The Kier molecular flexibility index (Phi) is 4.99. The first-order chi connectivity index (χ1) is 7.87. The quantitative estimate of drug-likeness (QED) is 0.802. The van der Waals surface area contributed by atoms with Gasteiger partial charge >= 0.3 is 0 Å². The summed E-state index contributed by atoms with van der Waals surface area (Å²) in [6, 6.07) is 0.0569. The summed E-state index contributed by atoms with van der Waals surface area (Å²) in [5.74, 6) is 0.904. The summed E-state index contributed by atoms with van der Waals surface area (Å²) in [6.07, 6.45) is 5.55. The molecule has 1 rings (SSSR count). The molecular weight excluding hydrogens is 212 g/mol. The lowest BCUT2D eigenvalue weighted by Crippen LogP contribution is -2.45. The van der Waals surface area contributed by atoms with Crippen molar-refractivity contribution >= 4 is 5.91 Å². The summed E-state index contributed by atoms with van der Waals surface area (Å²) in [6.45, 7) is 7.03. The van der Waals surface area contributed by atoms with Crippen molar-refractivity contribution in [2.24, 2.45) is 17.1 Å². The third-order valence-electron chi connectivity index (χ3n) is 3.72. The Morgan fingerprint density at radius 1 is 1.29 bits per heavy atom. The summed E-state index contributed by atoms with van der Waals surface area (Å²) >= 11 is 0. The Labute approximate surface area is 106 Å². The van der Waals surface area contributed by atoms with Gasteiger partial charge in [0.05, 0.1) is 0 Å². The molecule has 0 aromatic heterocycles. The highest BCUT2D eigenvalue weighted by atomic mass is 16.2. The molecule has 1 atom stereocenters. The van der Waals surface area contributed by atoms with Gasteiger partial charge in [-0.15, -0.1) is 0 Å². The number of carbonyl (C=O) groups is 1. The monoisotopic (exact) mass is 240 g/mol. The van der Waals surface area contributed by atoms with Gasteiger partial charge in [0.1, 0.15) is 0 Å². The molecule has 0 radical (unpaired) electrons. The van der Waals surface area contributed by atoms with E-state index in [0.29, 0.717) is 18.4 Å². The molecule has 3 nitrogen and oxygen atoms in total. The van der Waals surface area contributed by atoms with Crippen LogP contribution in [0.5, 0.6) is 0 Å². The van der Waals surface area contributed by atoms with Crippen LogP contribution in [0.3, 0.4) is 0 Å². The first-order valence-corrected chi connectivity index (χ1v) is 6.88. The van der Waals surface area contributed by atoms with Crippen molar-refractivity contribution in [1.82, 2.24) is 4.90 Å². The van der Waals surface area contributed by atoms with Gasteiger partial charge in [-0.2, -0.15) is 0 Å². The lowest BCUT2D eigenvalue weighted by atomic mass is 9.77. The molecule has 1 aliphatic rings. The lowest BCUT2D eigenvalue weighted by Gasteiger charge is -2.34. The summed E-state index contributed by atoms with van der Waals surface area (Å²) in [4.78, 5) is 14.5. The van der Waals surface area contributed by atoms with Crippen LogP contribution in [0, 0.1) is 11.3 Å². The minimum Gasteiger partial charge on any atom is -0.344 e. The van der Waals surface area contributed by atoms with Crippen LogP contribution in [0.1, 0.15) is 52.9 Å². The molecule has 0 saturated heterocycles. The Hall–Kier alpha value is -0.570. The van der Waals surface area contributed by atoms with E-state index in [1.807, 2.05) is 18.9 Å². The zero-order chi connectivity index (χ0) is 13.1. The van der Waals surface area contributed by atoms with Gasteiger partial charge in [0.15, 0.2) is 0 Å². The second-order valence-electron chi connectivity index (χ2n) is 6.25. The molecule has 2 N–H and O–H groups in total. The zero-order valence-corrected chi connectivity index (χ0v) is 11.8. The molecular formula is C14H28N2O. The van der Waals surface area contributed by atoms with Crippen molar-refractivity contribution in [3.8, 4) is 0 Å². The van der Waals surface area contributed by atoms with Gasteiger partial charge in [-0.25, -0.2) is 0 Å². The van der Waals surface area contributed by atoms with Gasteiger partial charge in [-0.05, 0) is 32.1 Å². The van der Waals surface area contributed by atoms with Crippen molar-refractivity contribution < 1.29 is 4.79 Å². The number of carbonyl (C=O) groups excluding carboxylic acids is 1. The highest BCUT2D eigenvalue weighted by Crippen LogP contribution is 2.44. The molecule has 0 aromatic rings. The maximum Gasteiger partial charge on any atom is 0.228 e. The van der Waals surface area contributed by atoms with Crippen molar-refractivity contribution in [3.63, 3.8) is 0 Å². The molecule has 17 heavy (non-hydrogen) atoms. The van der Waals surface area contributed by atoms with E-state index in [4.69, 9.17) is 5.73 Å². The number of nitrogens with two attached hydrogens (primary N) is 1. The second-order valence-corrected chi connectivity index (χ2v) is 6.25. The molecule has 0 aromatic carbocycles. The van der Waals surface area contributed by atoms with Crippen LogP contribution in [-0.4, -0.2) is 30.4 Å². The van der Waals surface area contributed by atoms with Crippen LogP contribution in [-0.2, 0) is 4.79 Å². The van der Waals surface area contributed by atoms with Gasteiger partial charge in [0.2, 0.25) is 5.91 Å². The van der Waals surface area contributed by atoms with E-state index in [9.17, 15) is 4.79 Å². The van der Waals surface area contributed by atoms with Crippen molar-refractivity contribution in [3.05, 3.63) is 0 Å². The van der Waals surface area contributed by atoms with Crippen LogP contribution >= 0.6 is 0 Å². The molecule has 0 aliphatic heterocycles. The van der Waals surface area contributed by atoms with Crippen LogP contribution in [0.25, 0.3) is 0 Å². The predicted octanol–water partition coefficient (Wildman–Crippen LogP) is 2.40. The summed E-state index contributed by atoms with van der Waals surface area (Å²) in [7, 11) is 1.89. The maximum absolute atomic E-state index is 12.6. The summed E-state index contributed by atoms with van der Waals surface area (Å²) in [5.41, 5.74) is 5.69. The minimum atomic E-state index is -0.0855. The molecule has 1 aliphatic carbocycles. The molecule has 0 bridgehead atoms. The van der Waals surface area contributed by atoms with Gasteiger partial charge in [-0.3, -0.25) is 4.79 Å². The molecule has 100 valence electrons. The van der Waals surface area contributed by atoms with Crippen molar-refractivity contribution in [2.75, 3.05) is 13.6 Å². The van der Waals surface area contributed by atoms with Gasteiger partial charge in [0, 0.05) is 25.0 Å². The molecule has 1 amide bonds. The first-order valence-electron chi connectivity index (χ1n) is 6.88. The average Bonchev–Trinajstić information content (AvgIpc) is 2.64. The van der Waals surface area contributed by atoms with Crippen LogP contribution in [0.4, 0.5) is 0 Å². The van der Waals surface area contributed by atoms with E-state index in [1.54, 1.807) is 0 Å². The lowest BCUT2D eigenvalue weighted by molar-refractivity contribution is -0.141. The van der Waals surface area contributed by atoms with E-state index in [0.717, 1.165) is 19.3 Å². The number of amides is 1. The number of likely N-dealkylation sites (N-methyl/N-ethyl adjacent to an activating group) is 1. The molecule has 3 heteroatoms. The van der Waals surface area contributed by atoms with Crippen LogP contribution in [0.2, 0.25) is 0 Å². The maximum atomic E-state index is 12.6.